The Kier molecular flexibility index (Phi) is 7.00. The van der Waals surface area contributed by atoms with Gasteiger partial charge in [0.05, 0.1) is 4.90 Å². The van der Waals surface area contributed by atoms with Gasteiger partial charge in [-0.05, 0) is 45.0 Å². The number of benzene rings is 1. The summed E-state index contributed by atoms with van der Waals surface area (Å²) in [5, 5.41) is 0.469. The first-order valence-electron chi connectivity index (χ1n) is 6.91. The van der Waals surface area contributed by atoms with Gasteiger partial charge in [0, 0.05) is 17.6 Å². The minimum Gasteiger partial charge on any atom is -0.457 e. The molecule has 0 bridgehead atoms. The van der Waals surface area contributed by atoms with Crippen LogP contribution in [0, 0.1) is 0 Å². The summed E-state index contributed by atoms with van der Waals surface area (Å²) in [6.07, 6.45) is 5.91. The van der Waals surface area contributed by atoms with Crippen LogP contribution in [0.1, 0.15) is 20.8 Å². The van der Waals surface area contributed by atoms with Gasteiger partial charge >= 0.3 is 5.97 Å². The molecule has 0 saturated heterocycles. The molecule has 0 aliphatic carbocycles. The third-order valence-electron chi connectivity index (χ3n) is 2.40. The van der Waals surface area contributed by atoms with E-state index in [1.807, 2.05) is 0 Å². The molecule has 126 valence electrons. The second-order valence-electron chi connectivity index (χ2n) is 5.63. The van der Waals surface area contributed by atoms with E-state index in [0.29, 0.717) is 5.02 Å². The highest BCUT2D eigenvalue weighted by Crippen LogP contribution is 2.13. The Hall–Kier alpha value is -1.63. The van der Waals surface area contributed by atoms with Crippen molar-refractivity contribution in [2.24, 2.45) is 0 Å². The minimum atomic E-state index is -3.58. The van der Waals surface area contributed by atoms with Crippen molar-refractivity contribution < 1.29 is 17.9 Å². The van der Waals surface area contributed by atoms with Crippen molar-refractivity contribution in [3.05, 3.63) is 53.6 Å². The Morgan fingerprint density at radius 1 is 1.22 bits per heavy atom. The molecule has 23 heavy (non-hydrogen) atoms. The summed E-state index contributed by atoms with van der Waals surface area (Å²) in [5.41, 5.74) is -0.542. The number of rotatable bonds is 6. The molecular weight excluding hydrogens is 338 g/mol. The zero-order valence-electron chi connectivity index (χ0n) is 13.2. The maximum Gasteiger partial charge on any atom is 0.331 e. The first-order valence-corrected chi connectivity index (χ1v) is 8.78. The minimum absolute atomic E-state index is 0.101. The van der Waals surface area contributed by atoms with E-state index in [9.17, 15) is 13.2 Å². The van der Waals surface area contributed by atoms with Gasteiger partial charge in [-0.1, -0.05) is 29.8 Å². The van der Waals surface area contributed by atoms with Gasteiger partial charge in [0.25, 0.3) is 0 Å². The molecule has 0 fully saturated rings. The summed E-state index contributed by atoms with van der Waals surface area (Å²) in [7, 11) is -3.58. The van der Waals surface area contributed by atoms with Gasteiger partial charge in [0.2, 0.25) is 10.0 Å². The highest BCUT2D eigenvalue weighted by Gasteiger charge is 2.13. The highest BCUT2D eigenvalue weighted by molar-refractivity contribution is 7.89. The fourth-order valence-corrected chi connectivity index (χ4v) is 2.57. The Morgan fingerprint density at radius 3 is 2.39 bits per heavy atom. The lowest BCUT2D eigenvalue weighted by atomic mass is 10.2. The fourth-order valence-electron chi connectivity index (χ4n) is 1.47. The predicted octanol–water partition coefficient (Wildman–Crippen LogP) is 3.07. The molecule has 0 atom stereocenters. The molecule has 1 N–H and O–H groups in total. The van der Waals surface area contributed by atoms with E-state index >= 15 is 0 Å². The van der Waals surface area contributed by atoms with Crippen molar-refractivity contribution in [2.75, 3.05) is 6.54 Å². The molecule has 0 aliphatic heterocycles. The summed E-state index contributed by atoms with van der Waals surface area (Å²) in [6.45, 7) is 5.43. The molecular formula is C16H20ClNO4S. The second-order valence-corrected chi connectivity index (χ2v) is 7.83. The maximum atomic E-state index is 12.0. The number of carbonyl (C=O) groups is 1. The van der Waals surface area contributed by atoms with E-state index in [1.165, 1.54) is 36.4 Å². The molecule has 0 radical (unpaired) electrons. The van der Waals surface area contributed by atoms with Crippen LogP contribution in [0.3, 0.4) is 0 Å². The van der Waals surface area contributed by atoms with Gasteiger partial charge in [-0.25, -0.2) is 17.9 Å². The average molecular weight is 358 g/mol. The molecule has 1 rings (SSSR count). The molecule has 7 heteroatoms. The second kappa shape index (κ2) is 8.29. The number of nitrogens with one attached hydrogen (secondary N) is 1. The smallest absolute Gasteiger partial charge is 0.331 e. The summed E-state index contributed by atoms with van der Waals surface area (Å²) in [4.78, 5) is 11.5. The lowest BCUT2D eigenvalue weighted by molar-refractivity contribution is -0.148. The summed E-state index contributed by atoms with van der Waals surface area (Å²) < 4.78 is 31.4. The van der Waals surface area contributed by atoms with Crippen LogP contribution >= 0.6 is 11.6 Å². The van der Waals surface area contributed by atoms with E-state index in [4.69, 9.17) is 16.3 Å². The predicted molar refractivity (Wildman–Crippen MR) is 90.8 cm³/mol. The molecule has 1 aromatic rings. The fraction of sp³-hybridized carbons (Fsp3) is 0.312. The van der Waals surface area contributed by atoms with Crippen molar-refractivity contribution in [1.82, 2.24) is 4.72 Å². The summed E-state index contributed by atoms with van der Waals surface area (Å²) in [5.74, 6) is -0.455. The number of hydrogen-bond donors (Lipinski definition) is 1. The van der Waals surface area contributed by atoms with Crippen LogP contribution in [0.4, 0.5) is 0 Å². The summed E-state index contributed by atoms with van der Waals surface area (Å²) >= 11 is 5.72. The number of hydrogen-bond acceptors (Lipinski definition) is 4. The third-order valence-corrected chi connectivity index (χ3v) is 4.09. The molecule has 0 aromatic heterocycles. The Labute approximate surface area is 142 Å². The molecule has 0 heterocycles. The first kappa shape index (κ1) is 19.4. The number of esters is 1. The van der Waals surface area contributed by atoms with Crippen LogP contribution in [-0.4, -0.2) is 26.5 Å². The van der Waals surface area contributed by atoms with E-state index in [-0.39, 0.29) is 11.4 Å². The Balaban J connectivity index is 2.47. The largest absolute Gasteiger partial charge is 0.457 e. The number of carbonyl (C=O) groups excluding carboxylic acids is 1. The molecule has 5 nitrogen and oxygen atoms in total. The van der Waals surface area contributed by atoms with Gasteiger partial charge in [-0.2, -0.15) is 0 Å². The van der Waals surface area contributed by atoms with Gasteiger partial charge < -0.3 is 4.74 Å². The number of sulfonamides is 1. The van der Waals surface area contributed by atoms with E-state index < -0.39 is 21.6 Å². The SMILES string of the molecule is CC(C)(C)OC(=O)/C=C/C=C/CNS(=O)(=O)c1ccc(Cl)cc1. The van der Waals surface area contributed by atoms with Gasteiger partial charge in [0.15, 0.2) is 0 Å². The first-order chi connectivity index (χ1) is 10.6. The van der Waals surface area contributed by atoms with Crippen molar-refractivity contribution in [3.8, 4) is 0 Å². The maximum absolute atomic E-state index is 12.0. The van der Waals surface area contributed by atoms with Crippen molar-refractivity contribution >= 4 is 27.6 Å². The summed E-state index contributed by atoms with van der Waals surface area (Å²) in [6, 6.07) is 5.87. The highest BCUT2D eigenvalue weighted by atomic mass is 35.5. The van der Waals surface area contributed by atoms with Crippen LogP contribution in [0.5, 0.6) is 0 Å². The lowest BCUT2D eigenvalue weighted by Crippen LogP contribution is -2.23. The molecule has 0 amide bonds. The molecule has 0 aliphatic rings. The van der Waals surface area contributed by atoms with E-state index in [1.54, 1.807) is 32.9 Å². The number of allylic oxidation sites excluding steroid dienone is 2. The van der Waals surface area contributed by atoms with Crippen molar-refractivity contribution in [2.45, 2.75) is 31.3 Å². The molecule has 0 spiro atoms. The van der Waals surface area contributed by atoms with Crippen LogP contribution in [-0.2, 0) is 19.6 Å². The third kappa shape index (κ3) is 7.97. The molecule has 0 unspecified atom stereocenters. The Morgan fingerprint density at radius 2 is 1.83 bits per heavy atom. The molecule has 0 saturated carbocycles. The van der Waals surface area contributed by atoms with Gasteiger partial charge in [0.1, 0.15) is 5.60 Å². The van der Waals surface area contributed by atoms with Crippen molar-refractivity contribution in [1.29, 1.82) is 0 Å². The average Bonchev–Trinajstić information content (AvgIpc) is 2.41. The Bertz CT molecular complexity index is 686. The molecule has 1 aromatic carbocycles. The van der Waals surface area contributed by atoms with Crippen LogP contribution in [0.2, 0.25) is 5.02 Å². The standard InChI is InChI=1S/C16H20ClNO4S/c1-16(2,3)22-15(19)7-5-4-6-12-18-23(20,21)14-10-8-13(17)9-11-14/h4-11,18H,12H2,1-3H3/b6-4+,7-5+. The van der Waals surface area contributed by atoms with Crippen LogP contribution < -0.4 is 4.72 Å². The van der Waals surface area contributed by atoms with Gasteiger partial charge in [-0.15, -0.1) is 0 Å². The number of ether oxygens (including phenoxy) is 1. The zero-order valence-corrected chi connectivity index (χ0v) is 14.8. The monoisotopic (exact) mass is 357 g/mol. The number of halogens is 1. The normalized spacial score (nSPS) is 12.9. The van der Waals surface area contributed by atoms with E-state index in [2.05, 4.69) is 4.72 Å². The van der Waals surface area contributed by atoms with Crippen molar-refractivity contribution in [3.63, 3.8) is 0 Å². The van der Waals surface area contributed by atoms with Gasteiger partial charge in [-0.3, -0.25) is 0 Å². The van der Waals surface area contributed by atoms with Crippen LogP contribution in [0.15, 0.2) is 53.5 Å². The van der Waals surface area contributed by atoms with Crippen LogP contribution in [0.25, 0.3) is 0 Å². The van der Waals surface area contributed by atoms with E-state index in [0.717, 1.165) is 0 Å². The quantitative estimate of drug-likeness (QED) is 0.482. The zero-order chi connectivity index (χ0) is 17.5. The lowest BCUT2D eigenvalue weighted by Gasteiger charge is -2.17. The topological polar surface area (TPSA) is 72.5 Å².